The van der Waals surface area contributed by atoms with Gasteiger partial charge in [-0.15, -0.1) is 0 Å². The highest BCUT2D eigenvalue weighted by Gasteiger charge is 2.73. The smallest absolute Gasteiger partial charge is 0.305 e. The van der Waals surface area contributed by atoms with Gasteiger partial charge in [-0.2, -0.15) is 0 Å². The maximum atomic E-state index is 15.6. The number of likely N-dealkylation sites (tertiary alicyclic amines) is 2. The number of ether oxygens (including phenoxy) is 1. The topological polar surface area (TPSA) is 197 Å². The van der Waals surface area contributed by atoms with Gasteiger partial charge in [-0.3, -0.25) is 44.4 Å². The monoisotopic (exact) mass is 1040 g/mol. The lowest BCUT2D eigenvalue weighted by atomic mass is 9.73. The zero-order valence-corrected chi connectivity index (χ0v) is 40.6. The van der Waals surface area contributed by atoms with Crippen molar-refractivity contribution in [3.05, 3.63) is 147 Å². The molecule has 2 unspecified atom stereocenters. The van der Waals surface area contributed by atoms with Crippen molar-refractivity contribution >= 4 is 75.6 Å². The number of aliphatic hydroxyl groups is 1. The van der Waals surface area contributed by atoms with Crippen molar-refractivity contribution in [2.75, 3.05) is 37.4 Å². The molecule has 0 aromatic heterocycles. The van der Waals surface area contributed by atoms with Crippen LogP contribution in [0.4, 0.5) is 20.2 Å². The molecule has 4 fully saturated rings. The van der Waals surface area contributed by atoms with Crippen LogP contribution < -0.4 is 10.6 Å². The van der Waals surface area contributed by atoms with Crippen molar-refractivity contribution in [3.63, 3.8) is 0 Å². The molecule has 0 radical (unpaired) electrons. The van der Waals surface area contributed by atoms with E-state index >= 15 is 8.78 Å². The second-order valence-electron chi connectivity index (χ2n) is 18.9. The van der Waals surface area contributed by atoms with Crippen LogP contribution in [0, 0.1) is 43.7 Å². The van der Waals surface area contributed by atoms with Crippen LogP contribution in [0.1, 0.15) is 85.5 Å². The molecule has 4 heterocycles. The standard InChI is InChI=1S/C25H24Cl2FN3O5.C24H24Cl2FN3O4/c1-36-20(32)10-9-19-23(31(34)35)21(15-3-2-4-17(27)22(15)28)25(30(19)12-13-5-6-13)16-8-7-14(26)11-18(16)29-24(25)33;25-14-8-9-16-18(11-14)28-23(32)24(16)20(15-3-1-4-17(26)21(15)27)22(30(33)34)19(5-2-10-31)29(24)12-13-6-7-13/h2-4,7-8,11,13,19,21,23H,5-6,9-10,12H2,1H3,(H,29,33);1,3-4,8-9,11,13,19-20,22,31H,2,5-7,10,12H2,(H,28,32)/t19-,21-,23?,25+;19-,20-,22?,24+/m00/s1. The third-order valence-corrected chi connectivity index (χ3v) is 16.1. The number of methoxy groups -OCH3 is 1. The number of halogens is 6. The molecule has 370 valence electrons. The molecule has 3 N–H and O–H groups in total. The van der Waals surface area contributed by atoms with E-state index in [9.17, 15) is 39.7 Å². The van der Waals surface area contributed by atoms with Gasteiger partial charge >= 0.3 is 5.97 Å². The van der Waals surface area contributed by atoms with Crippen LogP contribution in [0.5, 0.6) is 0 Å². The average Bonchev–Trinajstić information content (AvgIpc) is 4.24. The second kappa shape index (κ2) is 19.5. The quantitative estimate of drug-likeness (QED) is 0.0618. The highest BCUT2D eigenvalue weighted by molar-refractivity contribution is 6.32. The summed E-state index contributed by atoms with van der Waals surface area (Å²) in [5.41, 5.74) is -1.13. The molecular formula is C49H48Cl4F2N6O9. The van der Waals surface area contributed by atoms with Crippen LogP contribution in [-0.4, -0.2) is 93.5 Å². The molecule has 0 bridgehead atoms. The van der Waals surface area contributed by atoms with Crippen LogP contribution in [0.2, 0.25) is 20.1 Å². The second-order valence-corrected chi connectivity index (χ2v) is 20.6. The Morgan fingerprint density at radius 3 is 1.54 bits per heavy atom. The lowest BCUT2D eigenvalue weighted by molar-refractivity contribution is -0.528. The lowest BCUT2D eigenvalue weighted by Crippen LogP contribution is -2.52. The first-order valence-electron chi connectivity index (χ1n) is 23.1. The van der Waals surface area contributed by atoms with E-state index in [1.165, 1.54) is 37.4 Å². The predicted molar refractivity (Wildman–Crippen MR) is 257 cm³/mol. The third-order valence-electron chi connectivity index (χ3n) is 15.0. The summed E-state index contributed by atoms with van der Waals surface area (Å²) >= 11 is 24.6. The number of carbonyl (C=O) groups is 3. The number of aliphatic hydroxyl groups excluding tert-OH is 1. The molecule has 70 heavy (non-hydrogen) atoms. The molecule has 4 aromatic rings. The van der Waals surface area contributed by atoms with Gasteiger partial charge in [-0.25, -0.2) is 8.78 Å². The fourth-order valence-corrected chi connectivity index (χ4v) is 12.6. The Labute approximate surface area is 421 Å². The van der Waals surface area contributed by atoms with Crippen LogP contribution in [0.15, 0.2) is 72.8 Å². The normalized spacial score (nSPS) is 27.8. The summed E-state index contributed by atoms with van der Waals surface area (Å²) in [6.07, 6.45) is 4.39. The summed E-state index contributed by atoms with van der Waals surface area (Å²) in [6, 6.07) is 14.4. The molecule has 2 aliphatic carbocycles. The van der Waals surface area contributed by atoms with E-state index in [2.05, 4.69) is 10.6 Å². The first-order chi connectivity index (χ1) is 33.5. The summed E-state index contributed by atoms with van der Waals surface area (Å²) in [6.45, 7) is 0.721. The first kappa shape index (κ1) is 50.0. The Kier molecular flexibility index (Phi) is 13.9. The van der Waals surface area contributed by atoms with E-state index < -0.39 is 86.3 Å². The largest absolute Gasteiger partial charge is 0.469 e. The fourth-order valence-electron chi connectivity index (χ4n) is 11.9. The number of fused-ring (bicyclic) bond motifs is 4. The number of hydrogen-bond donors (Lipinski definition) is 3. The highest BCUT2D eigenvalue weighted by Crippen LogP contribution is 2.62. The molecule has 15 nitrogen and oxygen atoms in total. The zero-order valence-electron chi connectivity index (χ0n) is 37.6. The molecule has 8 atom stereocenters. The Bertz CT molecular complexity index is 2790. The molecule has 10 rings (SSSR count). The summed E-state index contributed by atoms with van der Waals surface area (Å²) in [7, 11) is 1.25. The third kappa shape index (κ3) is 8.38. The number of carbonyl (C=O) groups excluding carboxylic acids is 3. The van der Waals surface area contributed by atoms with Crippen molar-refractivity contribution < 1.29 is 42.9 Å². The van der Waals surface area contributed by atoms with E-state index in [4.69, 9.17) is 51.1 Å². The predicted octanol–water partition coefficient (Wildman–Crippen LogP) is 9.33. The number of rotatable bonds is 14. The zero-order chi connectivity index (χ0) is 50.0. The summed E-state index contributed by atoms with van der Waals surface area (Å²) in [4.78, 5) is 68.2. The minimum atomic E-state index is -1.59. The van der Waals surface area contributed by atoms with E-state index in [1.807, 2.05) is 9.80 Å². The molecule has 6 aliphatic rings. The minimum Gasteiger partial charge on any atom is -0.469 e. The molecule has 4 aromatic carbocycles. The Hall–Kier alpha value is -5.01. The van der Waals surface area contributed by atoms with Crippen LogP contribution in [0.3, 0.4) is 0 Å². The average molecular weight is 1040 g/mol. The van der Waals surface area contributed by atoms with Gasteiger partial charge in [0.2, 0.25) is 12.1 Å². The van der Waals surface area contributed by atoms with Gasteiger partial charge in [-0.1, -0.05) is 82.8 Å². The van der Waals surface area contributed by atoms with E-state index in [1.54, 1.807) is 42.5 Å². The van der Waals surface area contributed by atoms with Gasteiger partial charge < -0.3 is 20.5 Å². The number of nitrogens with one attached hydrogen (secondary N) is 2. The molecule has 21 heteroatoms. The highest BCUT2D eigenvalue weighted by atomic mass is 35.5. The van der Waals surface area contributed by atoms with Crippen LogP contribution in [-0.2, 0) is 30.2 Å². The fraction of sp³-hybridized carbons (Fsp3) is 0.449. The summed E-state index contributed by atoms with van der Waals surface area (Å²) in [5, 5.41) is 41.1. The number of amides is 2. The van der Waals surface area contributed by atoms with Crippen LogP contribution >= 0.6 is 46.4 Å². The molecule has 2 saturated carbocycles. The van der Waals surface area contributed by atoms with Gasteiger partial charge in [0.1, 0.15) is 22.7 Å². The number of nitrogens with zero attached hydrogens (tertiary/aromatic N) is 4. The van der Waals surface area contributed by atoms with Gasteiger partial charge in [0.05, 0.1) is 41.1 Å². The van der Waals surface area contributed by atoms with Crippen molar-refractivity contribution in [2.45, 2.75) is 98.4 Å². The number of nitro groups is 2. The number of benzene rings is 4. The van der Waals surface area contributed by atoms with Gasteiger partial charge in [0.15, 0.2) is 0 Å². The molecule has 2 amide bonds. The summed E-state index contributed by atoms with van der Waals surface area (Å²) in [5.74, 6) is -4.81. The molecular weight excluding hydrogens is 996 g/mol. The van der Waals surface area contributed by atoms with E-state index in [0.29, 0.717) is 64.4 Å². The van der Waals surface area contributed by atoms with Crippen molar-refractivity contribution in [3.8, 4) is 0 Å². The first-order valence-corrected chi connectivity index (χ1v) is 24.6. The number of hydrogen-bond acceptors (Lipinski definition) is 11. The number of esters is 1. The Balaban J connectivity index is 0.000000174. The lowest BCUT2D eigenvalue weighted by Gasteiger charge is -2.39. The van der Waals surface area contributed by atoms with Crippen molar-refractivity contribution in [2.24, 2.45) is 11.8 Å². The SMILES string of the molecule is COC(=O)CC[C@H]1C([N+](=O)[O-])[C@H](c2cccc(Cl)c2F)[C@]2(C(=O)Nc3cc(Cl)ccc32)N1CC1CC1.O=C1Nc2cc(Cl)ccc2[C@@]12[C@@H](c1cccc(Cl)c1F)C([N+](=O)[O-])[C@H](CCCO)N2CC1CC1. The summed E-state index contributed by atoms with van der Waals surface area (Å²) < 4.78 is 35.9. The van der Waals surface area contributed by atoms with Crippen molar-refractivity contribution in [1.82, 2.24) is 9.80 Å². The Morgan fingerprint density at radius 1 is 0.729 bits per heavy atom. The van der Waals surface area contributed by atoms with Gasteiger partial charge in [0, 0.05) is 79.6 Å². The van der Waals surface area contributed by atoms with Crippen LogP contribution in [0.25, 0.3) is 0 Å². The van der Waals surface area contributed by atoms with E-state index in [-0.39, 0.29) is 46.5 Å². The maximum absolute atomic E-state index is 15.6. The van der Waals surface area contributed by atoms with Gasteiger partial charge in [0.25, 0.3) is 11.8 Å². The van der Waals surface area contributed by atoms with Crippen molar-refractivity contribution in [1.29, 1.82) is 0 Å². The molecule has 4 aliphatic heterocycles. The maximum Gasteiger partial charge on any atom is 0.305 e. The minimum absolute atomic E-state index is 0.0106. The van der Waals surface area contributed by atoms with E-state index in [0.717, 1.165) is 25.7 Å². The van der Waals surface area contributed by atoms with Gasteiger partial charge in [-0.05, 0) is 93.2 Å². The Morgan fingerprint density at radius 2 is 1.16 bits per heavy atom. The molecule has 2 spiro atoms. The molecule has 2 saturated heterocycles. The number of anilines is 2.